The number of ether oxygens (including phenoxy) is 3. The van der Waals surface area contributed by atoms with Gasteiger partial charge in [-0.1, -0.05) is 30.3 Å². The number of hydrogen-bond acceptors (Lipinski definition) is 6. The lowest BCUT2D eigenvalue weighted by Gasteiger charge is -2.15. The Labute approximate surface area is 171 Å². The number of benzene rings is 2. The van der Waals surface area contributed by atoms with Crippen molar-refractivity contribution in [3.63, 3.8) is 0 Å². The van der Waals surface area contributed by atoms with Crippen LogP contribution in [0.5, 0.6) is 11.5 Å². The number of carbonyl (C=O) groups excluding carboxylic acids is 1. The van der Waals surface area contributed by atoms with Crippen LogP contribution in [0.2, 0.25) is 0 Å². The number of nitrogens with zero attached hydrogens (tertiary/aromatic N) is 2. The van der Waals surface area contributed by atoms with Gasteiger partial charge in [0.1, 0.15) is 12.3 Å². The zero-order valence-corrected chi connectivity index (χ0v) is 17.2. The summed E-state index contributed by atoms with van der Waals surface area (Å²) in [6, 6.07) is 13.4. The highest BCUT2D eigenvalue weighted by molar-refractivity contribution is 9.10. The summed E-state index contributed by atoms with van der Waals surface area (Å²) in [7, 11) is 0. The van der Waals surface area contributed by atoms with Gasteiger partial charge in [0.25, 0.3) is 0 Å². The summed E-state index contributed by atoms with van der Waals surface area (Å²) in [5, 5.41) is 10.5. The van der Waals surface area contributed by atoms with Crippen LogP contribution in [0.15, 0.2) is 46.9 Å². The van der Waals surface area contributed by atoms with Crippen molar-refractivity contribution in [1.29, 1.82) is 0 Å². The van der Waals surface area contributed by atoms with Gasteiger partial charge in [0.15, 0.2) is 17.2 Å². The van der Waals surface area contributed by atoms with Crippen molar-refractivity contribution >= 4 is 21.9 Å². The quantitative estimate of drug-likeness (QED) is 0.517. The summed E-state index contributed by atoms with van der Waals surface area (Å²) >= 11 is 3.54. The second-order valence-corrected chi connectivity index (χ2v) is 6.59. The lowest BCUT2D eigenvalue weighted by Crippen LogP contribution is -2.07. The maximum Gasteiger partial charge on any atom is 0.361 e. The molecule has 0 fully saturated rings. The third kappa shape index (κ3) is 4.51. The molecule has 8 heteroatoms. The number of hydrogen-bond donors (Lipinski definition) is 1. The van der Waals surface area contributed by atoms with Crippen LogP contribution < -0.4 is 9.47 Å². The molecule has 0 aliphatic carbocycles. The molecule has 0 atom stereocenters. The second-order valence-electron chi connectivity index (χ2n) is 5.73. The third-order valence-corrected chi connectivity index (χ3v) is 4.41. The minimum atomic E-state index is -0.537. The average molecular weight is 446 g/mol. The van der Waals surface area contributed by atoms with Crippen molar-refractivity contribution in [3.8, 4) is 22.8 Å². The molecule has 3 rings (SSSR count). The fraction of sp³-hybridized carbons (Fsp3) is 0.250. The molecule has 2 aromatic carbocycles. The zero-order valence-electron chi connectivity index (χ0n) is 15.6. The van der Waals surface area contributed by atoms with Gasteiger partial charge in [0, 0.05) is 5.56 Å². The molecule has 0 radical (unpaired) electrons. The summed E-state index contributed by atoms with van der Waals surface area (Å²) in [5.74, 6) is 0.584. The standard InChI is InChI=1S/C20H20BrN3O4/c1-3-26-16-11-14(17-18(23-24-22-17)20(25)27-4-2)10-15(21)19(16)28-12-13-8-6-5-7-9-13/h5-11H,3-4,12H2,1-2H3,(H,22,23,24). The first-order chi connectivity index (χ1) is 13.6. The summed E-state index contributed by atoms with van der Waals surface area (Å²) in [5.41, 5.74) is 2.20. The first-order valence-corrected chi connectivity index (χ1v) is 9.64. The molecule has 1 aromatic heterocycles. The Balaban J connectivity index is 1.93. The van der Waals surface area contributed by atoms with E-state index in [2.05, 4.69) is 31.3 Å². The van der Waals surface area contributed by atoms with Gasteiger partial charge in [-0.3, -0.25) is 0 Å². The number of rotatable bonds is 8. The van der Waals surface area contributed by atoms with Crippen LogP contribution in [0.4, 0.5) is 0 Å². The second kappa shape index (κ2) is 9.36. The Morgan fingerprint density at radius 2 is 1.86 bits per heavy atom. The molecule has 146 valence electrons. The number of carbonyl (C=O) groups is 1. The molecule has 3 aromatic rings. The van der Waals surface area contributed by atoms with E-state index in [0.717, 1.165) is 5.56 Å². The monoisotopic (exact) mass is 445 g/mol. The van der Waals surface area contributed by atoms with Crippen LogP contribution >= 0.6 is 15.9 Å². The van der Waals surface area contributed by atoms with Crippen LogP contribution in [-0.4, -0.2) is 34.6 Å². The van der Waals surface area contributed by atoms with Crippen molar-refractivity contribution in [1.82, 2.24) is 15.4 Å². The summed E-state index contributed by atoms with van der Waals surface area (Å²) in [4.78, 5) is 12.1. The smallest absolute Gasteiger partial charge is 0.361 e. The van der Waals surface area contributed by atoms with Crippen LogP contribution in [0, 0.1) is 0 Å². The normalized spacial score (nSPS) is 10.5. The Morgan fingerprint density at radius 1 is 1.07 bits per heavy atom. The topological polar surface area (TPSA) is 86.3 Å². The maximum absolute atomic E-state index is 12.1. The van der Waals surface area contributed by atoms with Gasteiger partial charge in [-0.2, -0.15) is 10.3 Å². The van der Waals surface area contributed by atoms with E-state index in [1.54, 1.807) is 13.0 Å². The van der Waals surface area contributed by atoms with E-state index in [0.29, 0.717) is 40.4 Å². The van der Waals surface area contributed by atoms with E-state index >= 15 is 0 Å². The van der Waals surface area contributed by atoms with Crippen LogP contribution in [0.25, 0.3) is 11.3 Å². The minimum absolute atomic E-state index is 0.120. The molecule has 0 amide bonds. The molecular weight excluding hydrogens is 426 g/mol. The molecule has 0 saturated heterocycles. The molecule has 1 N–H and O–H groups in total. The average Bonchev–Trinajstić information content (AvgIpc) is 3.18. The van der Waals surface area contributed by atoms with Gasteiger partial charge in [-0.05, 0) is 47.5 Å². The third-order valence-electron chi connectivity index (χ3n) is 3.83. The SMILES string of the molecule is CCOC(=O)c1n[nH]nc1-c1cc(Br)c(OCc2ccccc2)c(OCC)c1. The van der Waals surface area contributed by atoms with Crippen LogP contribution in [0.3, 0.4) is 0 Å². The first-order valence-electron chi connectivity index (χ1n) is 8.85. The molecule has 0 spiro atoms. The van der Waals surface area contributed by atoms with Crippen molar-refractivity contribution in [2.45, 2.75) is 20.5 Å². The molecule has 0 aliphatic heterocycles. The molecule has 0 saturated carbocycles. The number of H-pyrrole nitrogens is 1. The van der Waals surface area contributed by atoms with Crippen molar-refractivity contribution in [2.75, 3.05) is 13.2 Å². The molecule has 0 unspecified atom stereocenters. The first kappa shape index (κ1) is 19.9. The van der Waals surface area contributed by atoms with Gasteiger partial charge < -0.3 is 14.2 Å². The van der Waals surface area contributed by atoms with Gasteiger partial charge in [-0.15, -0.1) is 5.10 Å². The number of aromatic amines is 1. The lowest BCUT2D eigenvalue weighted by molar-refractivity contribution is 0.0520. The Hall–Kier alpha value is -2.87. The molecular formula is C20H20BrN3O4. The Bertz CT molecular complexity index is 944. The Kier molecular flexibility index (Phi) is 6.65. The van der Waals surface area contributed by atoms with Crippen molar-refractivity contribution in [3.05, 3.63) is 58.2 Å². The largest absolute Gasteiger partial charge is 0.490 e. The molecule has 1 heterocycles. The molecule has 7 nitrogen and oxygen atoms in total. The zero-order chi connectivity index (χ0) is 19.9. The highest BCUT2D eigenvalue weighted by Gasteiger charge is 2.22. The minimum Gasteiger partial charge on any atom is -0.490 e. The number of halogens is 1. The lowest BCUT2D eigenvalue weighted by atomic mass is 10.1. The fourth-order valence-corrected chi connectivity index (χ4v) is 3.17. The highest BCUT2D eigenvalue weighted by Crippen LogP contribution is 2.40. The molecule has 28 heavy (non-hydrogen) atoms. The van der Waals surface area contributed by atoms with Crippen molar-refractivity contribution in [2.24, 2.45) is 0 Å². The predicted molar refractivity (Wildman–Crippen MR) is 107 cm³/mol. The van der Waals surface area contributed by atoms with Crippen LogP contribution in [-0.2, 0) is 11.3 Å². The molecule has 0 bridgehead atoms. The van der Waals surface area contributed by atoms with Gasteiger partial charge in [0.2, 0.25) is 0 Å². The van der Waals surface area contributed by atoms with E-state index < -0.39 is 5.97 Å². The van der Waals surface area contributed by atoms with E-state index in [1.807, 2.05) is 43.3 Å². The van der Waals surface area contributed by atoms with Crippen molar-refractivity contribution < 1.29 is 19.0 Å². The Morgan fingerprint density at radius 3 is 2.57 bits per heavy atom. The predicted octanol–water partition coefficient (Wildman–Crippen LogP) is 4.39. The van der Waals surface area contributed by atoms with Gasteiger partial charge >= 0.3 is 5.97 Å². The van der Waals surface area contributed by atoms with Crippen LogP contribution in [0.1, 0.15) is 29.9 Å². The van der Waals surface area contributed by atoms with Gasteiger partial charge in [-0.25, -0.2) is 4.79 Å². The number of nitrogens with one attached hydrogen (secondary N) is 1. The summed E-state index contributed by atoms with van der Waals surface area (Å²) in [6.07, 6.45) is 0. The molecule has 0 aliphatic rings. The van der Waals surface area contributed by atoms with E-state index in [-0.39, 0.29) is 12.3 Å². The highest BCUT2D eigenvalue weighted by atomic mass is 79.9. The van der Waals surface area contributed by atoms with E-state index in [4.69, 9.17) is 14.2 Å². The maximum atomic E-state index is 12.1. The van der Waals surface area contributed by atoms with E-state index in [9.17, 15) is 4.79 Å². The number of esters is 1. The summed E-state index contributed by atoms with van der Waals surface area (Å²) < 4.78 is 17.5. The van der Waals surface area contributed by atoms with Gasteiger partial charge in [0.05, 0.1) is 17.7 Å². The summed E-state index contributed by atoms with van der Waals surface area (Å²) in [6.45, 7) is 4.74. The van der Waals surface area contributed by atoms with E-state index in [1.165, 1.54) is 0 Å². The number of aromatic nitrogens is 3. The fourth-order valence-electron chi connectivity index (χ4n) is 2.61.